The lowest BCUT2D eigenvalue weighted by Gasteiger charge is -2.44. The molecular formula is C22H29N3O2S. The van der Waals surface area contributed by atoms with Gasteiger partial charge in [-0.1, -0.05) is 6.42 Å². The van der Waals surface area contributed by atoms with Crippen molar-refractivity contribution in [2.24, 2.45) is 5.92 Å². The molecule has 2 fully saturated rings. The number of hydrogen-bond acceptors (Lipinski definition) is 5. The molecule has 2 atom stereocenters. The van der Waals surface area contributed by atoms with E-state index in [2.05, 4.69) is 15.2 Å². The summed E-state index contributed by atoms with van der Waals surface area (Å²) in [5.74, 6) is 1.52. The summed E-state index contributed by atoms with van der Waals surface area (Å²) in [5, 5.41) is 6.11. The number of nitrogens with one attached hydrogen (secondary N) is 1. The van der Waals surface area contributed by atoms with Crippen LogP contribution in [0.4, 0.5) is 0 Å². The second-order valence-corrected chi connectivity index (χ2v) is 8.71. The number of nitrogens with zero attached hydrogens (tertiary/aromatic N) is 2. The summed E-state index contributed by atoms with van der Waals surface area (Å²) in [6, 6.07) is 8.54. The molecule has 150 valence electrons. The molecule has 2 aliphatic heterocycles. The number of fused-ring (bicyclic) bond motifs is 1. The van der Waals surface area contributed by atoms with Gasteiger partial charge in [-0.25, -0.2) is 4.98 Å². The first-order chi connectivity index (χ1) is 13.7. The molecule has 1 aromatic heterocycles. The summed E-state index contributed by atoms with van der Waals surface area (Å²) in [5.41, 5.74) is 1.90. The van der Waals surface area contributed by atoms with E-state index in [0.29, 0.717) is 18.4 Å². The summed E-state index contributed by atoms with van der Waals surface area (Å²) < 4.78 is 5.20. The van der Waals surface area contributed by atoms with E-state index in [1.807, 2.05) is 29.6 Å². The Labute approximate surface area is 171 Å². The molecule has 0 saturated carbocycles. The number of methoxy groups -OCH3 is 1. The number of amides is 1. The zero-order valence-electron chi connectivity index (χ0n) is 16.5. The molecule has 2 aliphatic rings. The highest BCUT2D eigenvalue weighted by molar-refractivity contribution is 7.13. The van der Waals surface area contributed by atoms with Gasteiger partial charge in [0.15, 0.2) is 0 Å². The minimum absolute atomic E-state index is 0.0829. The molecular weight excluding hydrogens is 370 g/mol. The predicted molar refractivity (Wildman–Crippen MR) is 113 cm³/mol. The molecule has 0 radical (unpaired) electrons. The van der Waals surface area contributed by atoms with Crippen molar-refractivity contribution in [1.82, 2.24) is 15.2 Å². The van der Waals surface area contributed by atoms with Crippen LogP contribution in [0, 0.1) is 5.92 Å². The molecule has 1 aromatic carbocycles. The van der Waals surface area contributed by atoms with E-state index in [-0.39, 0.29) is 5.91 Å². The SMILES string of the molecule is COc1ccc(-c2nc(CC(=O)NC[C@H]3CCCN4CCCC[C@H]34)cs2)cc1. The number of ether oxygens (including phenoxy) is 1. The topological polar surface area (TPSA) is 54.5 Å². The van der Waals surface area contributed by atoms with Crippen molar-refractivity contribution in [3.05, 3.63) is 35.3 Å². The van der Waals surface area contributed by atoms with Gasteiger partial charge in [0.25, 0.3) is 0 Å². The highest BCUT2D eigenvalue weighted by Crippen LogP contribution is 2.30. The van der Waals surface area contributed by atoms with Gasteiger partial charge < -0.3 is 15.0 Å². The van der Waals surface area contributed by atoms with Gasteiger partial charge in [-0.05, 0) is 69.0 Å². The van der Waals surface area contributed by atoms with Gasteiger partial charge in [0.05, 0.1) is 19.2 Å². The number of carbonyl (C=O) groups excluding carboxylic acids is 1. The summed E-state index contributed by atoms with van der Waals surface area (Å²) >= 11 is 1.58. The number of carbonyl (C=O) groups is 1. The summed E-state index contributed by atoms with van der Waals surface area (Å²) in [6.07, 6.45) is 6.80. The molecule has 5 nitrogen and oxygen atoms in total. The smallest absolute Gasteiger partial charge is 0.226 e. The summed E-state index contributed by atoms with van der Waals surface area (Å²) in [7, 11) is 1.66. The first-order valence-electron chi connectivity index (χ1n) is 10.3. The molecule has 0 spiro atoms. The molecule has 6 heteroatoms. The molecule has 1 amide bonds. The van der Waals surface area contributed by atoms with E-state index in [1.165, 1.54) is 45.2 Å². The quantitative estimate of drug-likeness (QED) is 0.804. The van der Waals surface area contributed by atoms with Crippen LogP contribution >= 0.6 is 11.3 Å². The van der Waals surface area contributed by atoms with Crippen molar-refractivity contribution >= 4 is 17.2 Å². The minimum atomic E-state index is 0.0829. The Morgan fingerprint density at radius 3 is 2.86 bits per heavy atom. The van der Waals surface area contributed by atoms with Crippen molar-refractivity contribution in [1.29, 1.82) is 0 Å². The molecule has 0 unspecified atom stereocenters. The van der Waals surface area contributed by atoms with Crippen molar-refractivity contribution in [2.75, 3.05) is 26.7 Å². The van der Waals surface area contributed by atoms with Crippen LogP contribution in [-0.2, 0) is 11.2 Å². The number of benzene rings is 1. The molecule has 2 aromatic rings. The molecule has 3 heterocycles. The lowest BCUT2D eigenvalue weighted by atomic mass is 9.83. The van der Waals surface area contributed by atoms with E-state index >= 15 is 0 Å². The maximum Gasteiger partial charge on any atom is 0.226 e. The number of hydrogen-bond donors (Lipinski definition) is 1. The van der Waals surface area contributed by atoms with Crippen LogP contribution in [0.5, 0.6) is 5.75 Å². The Hall–Kier alpha value is -1.92. The van der Waals surface area contributed by atoms with E-state index in [1.54, 1.807) is 18.4 Å². The second kappa shape index (κ2) is 9.05. The van der Waals surface area contributed by atoms with Crippen LogP contribution in [0.15, 0.2) is 29.6 Å². The Bertz CT molecular complexity index is 787. The number of rotatable bonds is 6. The second-order valence-electron chi connectivity index (χ2n) is 7.85. The minimum Gasteiger partial charge on any atom is -0.497 e. The maximum absolute atomic E-state index is 12.5. The summed E-state index contributed by atoms with van der Waals surface area (Å²) in [6.45, 7) is 3.28. The standard InChI is InChI=1S/C22H29N3O2S/c1-27-19-9-7-16(8-10-19)22-24-18(15-28-22)13-21(26)23-14-17-5-4-12-25-11-3-2-6-20(17)25/h7-10,15,17,20H,2-6,11-14H2,1H3,(H,23,26)/t17-,20-/m1/s1. The Kier molecular flexibility index (Phi) is 6.27. The third kappa shape index (κ3) is 4.55. The maximum atomic E-state index is 12.5. The molecule has 0 aliphatic carbocycles. The molecule has 28 heavy (non-hydrogen) atoms. The van der Waals surface area contributed by atoms with Crippen LogP contribution in [0.25, 0.3) is 10.6 Å². The normalized spacial score (nSPS) is 22.5. The van der Waals surface area contributed by atoms with Crippen molar-refractivity contribution in [3.8, 4) is 16.3 Å². The Morgan fingerprint density at radius 2 is 2.04 bits per heavy atom. The lowest BCUT2D eigenvalue weighted by Crippen LogP contribution is -2.51. The highest BCUT2D eigenvalue weighted by Gasteiger charge is 2.32. The van der Waals surface area contributed by atoms with Gasteiger partial charge in [0, 0.05) is 23.5 Å². The fourth-order valence-electron chi connectivity index (χ4n) is 4.54. The highest BCUT2D eigenvalue weighted by atomic mass is 32.1. The van der Waals surface area contributed by atoms with Crippen molar-refractivity contribution < 1.29 is 9.53 Å². The van der Waals surface area contributed by atoms with Crippen LogP contribution in [0.1, 0.15) is 37.8 Å². The van der Waals surface area contributed by atoms with Gasteiger partial charge in [-0.3, -0.25) is 4.79 Å². The monoisotopic (exact) mass is 399 g/mol. The van der Waals surface area contributed by atoms with E-state index in [9.17, 15) is 4.79 Å². The zero-order valence-corrected chi connectivity index (χ0v) is 17.3. The van der Waals surface area contributed by atoms with Gasteiger partial charge >= 0.3 is 0 Å². The van der Waals surface area contributed by atoms with Gasteiger partial charge in [0.2, 0.25) is 5.91 Å². The van der Waals surface area contributed by atoms with Gasteiger partial charge in [0.1, 0.15) is 10.8 Å². The van der Waals surface area contributed by atoms with E-state index in [0.717, 1.165) is 28.6 Å². The average molecular weight is 400 g/mol. The largest absolute Gasteiger partial charge is 0.497 e. The third-order valence-corrected chi connectivity index (χ3v) is 6.96. The molecule has 4 rings (SSSR count). The van der Waals surface area contributed by atoms with Crippen LogP contribution in [0.2, 0.25) is 0 Å². The van der Waals surface area contributed by atoms with Crippen molar-refractivity contribution in [3.63, 3.8) is 0 Å². The zero-order chi connectivity index (χ0) is 19.3. The fraction of sp³-hybridized carbons (Fsp3) is 0.545. The fourth-order valence-corrected chi connectivity index (χ4v) is 5.37. The first kappa shape index (κ1) is 19.4. The first-order valence-corrected chi connectivity index (χ1v) is 11.2. The number of thiazole rings is 1. The molecule has 2 saturated heterocycles. The van der Waals surface area contributed by atoms with Crippen LogP contribution in [-0.4, -0.2) is 48.6 Å². The summed E-state index contributed by atoms with van der Waals surface area (Å²) in [4.78, 5) is 19.8. The number of piperidine rings is 2. The van der Waals surface area contributed by atoms with Crippen LogP contribution < -0.4 is 10.1 Å². The van der Waals surface area contributed by atoms with E-state index in [4.69, 9.17) is 4.74 Å². The average Bonchev–Trinajstić information content (AvgIpc) is 3.20. The van der Waals surface area contributed by atoms with Crippen LogP contribution in [0.3, 0.4) is 0 Å². The van der Waals surface area contributed by atoms with E-state index < -0.39 is 0 Å². The molecule has 0 bridgehead atoms. The Morgan fingerprint density at radius 1 is 1.21 bits per heavy atom. The lowest BCUT2D eigenvalue weighted by molar-refractivity contribution is -0.120. The number of aromatic nitrogens is 1. The third-order valence-electron chi connectivity index (χ3n) is 6.02. The molecule has 1 N–H and O–H groups in total. The predicted octanol–water partition coefficient (Wildman–Crippen LogP) is 3.74. The van der Waals surface area contributed by atoms with Gasteiger partial charge in [-0.15, -0.1) is 11.3 Å². The van der Waals surface area contributed by atoms with Crippen molar-refractivity contribution in [2.45, 2.75) is 44.6 Å². The Balaban J connectivity index is 1.29. The van der Waals surface area contributed by atoms with Gasteiger partial charge in [-0.2, -0.15) is 0 Å².